The first kappa shape index (κ1) is 13.8. The fourth-order valence-electron chi connectivity index (χ4n) is 3.52. The molecule has 1 aliphatic heterocycles. The molecule has 0 amide bonds. The minimum atomic E-state index is 0.496. The summed E-state index contributed by atoms with van der Waals surface area (Å²) in [7, 11) is 2.14. The van der Waals surface area contributed by atoms with E-state index in [0.29, 0.717) is 11.9 Å². The number of nitrogens with zero attached hydrogens (tertiary/aromatic N) is 6. The summed E-state index contributed by atoms with van der Waals surface area (Å²) in [5.74, 6) is 1.24. The van der Waals surface area contributed by atoms with Gasteiger partial charge in [-0.25, -0.2) is 4.98 Å². The van der Waals surface area contributed by atoms with Crippen molar-refractivity contribution in [1.82, 2.24) is 24.4 Å². The summed E-state index contributed by atoms with van der Waals surface area (Å²) in [6.07, 6.45) is 6.88. The Balaban J connectivity index is 1.72. The number of anilines is 2. The molecule has 0 spiro atoms. The first-order valence-corrected chi connectivity index (χ1v) is 8.16. The summed E-state index contributed by atoms with van der Waals surface area (Å²) in [5.41, 5.74) is 7.78. The van der Waals surface area contributed by atoms with Gasteiger partial charge in [0, 0.05) is 32.2 Å². The largest absolute Gasteiger partial charge is 0.382 e. The zero-order valence-corrected chi connectivity index (χ0v) is 13.1. The molecule has 2 aliphatic rings. The molecular formula is C15H23N7. The third-order valence-electron chi connectivity index (χ3n) is 4.94. The minimum absolute atomic E-state index is 0.496. The predicted molar refractivity (Wildman–Crippen MR) is 87.0 cm³/mol. The molecule has 1 saturated carbocycles. The second-order valence-electron chi connectivity index (χ2n) is 6.46. The lowest BCUT2D eigenvalue weighted by atomic mass is 10.2. The molecule has 0 aromatic carbocycles. The zero-order valence-electron chi connectivity index (χ0n) is 13.1. The van der Waals surface area contributed by atoms with Crippen LogP contribution in [0.2, 0.25) is 0 Å². The number of piperazine rings is 1. The Bertz CT molecular complexity index is 666. The summed E-state index contributed by atoms with van der Waals surface area (Å²) in [4.78, 5) is 18.3. The van der Waals surface area contributed by atoms with Crippen molar-refractivity contribution >= 4 is 22.9 Å². The molecule has 1 saturated heterocycles. The average molecular weight is 301 g/mol. The van der Waals surface area contributed by atoms with Crippen LogP contribution in [0.3, 0.4) is 0 Å². The van der Waals surface area contributed by atoms with E-state index in [1.54, 1.807) is 0 Å². The van der Waals surface area contributed by atoms with E-state index < -0.39 is 0 Å². The number of likely N-dealkylation sites (N-methyl/N-ethyl adjacent to an activating group) is 1. The first-order valence-electron chi connectivity index (χ1n) is 8.16. The van der Waals surface area contributed by atoms with E-state index in [1.165, 1.54) is 25.7 Å². The van der Waals surface area contributed by atoms with Crippen molar-refractivity contribution in [3.8, 4) is 0 Å². The van der Waals surface area contributed by atoms with Crippen molar-refractivity contribution in [3.63, 3.8) is 0 Å². The van der Waals surface area contributed by atoms with E-state index in [4.69, 9.17) is 10.7 Å². The topological polar surface area (TPSA) is 76.1 Å². The highest BCUT2D eigenvalue weighted by atomic mass is 15.3. The number of hydrogen-bond donors (Lipinski definition) is 1. The van der Waals surface area contributed by atoms with E-state index in [2.05, 4.69) is 31.4 Å². The van der Waals surface area contributed by atoms with Gasteiger partial charge in [0.05, 0.1) is 6.33 Å². The lowest BCUT2D eigenvalue weighted by Gasteiger charge is -2.32. The molecular weight excluding hydrogens is 278 g/mol. The predicted octanol–water partition coefficient (Wildman–Crippen LogP) is 1.28. The van der Waals surface area contributed by atoms with Gasteiger partial charge in [0.15, 0.2) is 11.5 Å². The van der Waals surface area contributed by atoms with Gasteiger partial charge in [0.25, 0.3) is 0 Å². The van der Waals surface area contributed by atoms with Gasteiger partial charge in [-0.1, -0.05) is 12.8 Å². The number of imidazole rings is 1. The third kappa shape index (κ3) is 2.29. The molecule has 0 atom stereocenters. The van der Waals surface area contributed by atoms with Gasteiger partial charge in [0.2, 0.25) is 5.95 Å². The number of fused-ring (bicyclic) bond motifs is 1. The van der Waals surface area contributed by atoms with Gasteiger partial charge in [-0.3, -0.25) is 0 Å². The SMILES string of the molecule is CN1CCN(c2nc(N)c3ncn(C4CCCC4)c3n2)CC1. The molecule has 3 heterocycles. The van der Waals surface area contributed by atoms with Crippen molar-refractivity contribution in [3.05, 3.63) is 6.33 Å². The van der Waals surface area contributed by atoms with Crippen LogP contribution in [-0.4, -0.2) is 57.6 Å². The van der Waals surface area contributed by atoms with E-state index >= 15 is 0 Å². The van der Waals surface area contributed by atoms with Crippen LogP contribution in [-0.2, 0) is 0 Å². The van der Waals surface area contributed by atoms with Crippen LogP contribution in [0.25, 0.3) is 11.2 Å². The van der Waals surface area contributed by atoms with Gasteiger partial charge in [-0.15, -0.1) is 0 Å². The maximum Gasteiger partial charge on any atom is 0.229 e. The zero-order chi connectivity index (χ0) is 15.1. The maximum absolute atomic E-state index is 6.14. The lowest BCUT2D eigenvalue weighted by molar-refractivity contribution is 0.311. The highest BCUT2D eigenvalue weighted by molar-refractivity contribution is 5.83. The first-order chi connectivity index (χ1) is 10.7. The molecule has 7 nitrogen and oxygen atoms in total. The summed E-state index contributed by atoms with van der Waals surface area (Å²) >= 11 is 0. The number of nitrogens with two attached hydrogens (primary N) is 1. The van der Waals surface area contributed by atoms with Crippen molar-refractivity contribution < 1.29 is 0 Å². The Morgan fingerprint density at radius 1 is 1.09 bits per heavy atom. The van der Waals surface area contributed by atoms with E-state index in [0.717, 1.165) is 43.3 Å². The minimum Gasteiger partial charge on any atom is -0.382 e. The highest BCUT2D eigenvalue weighted by Crippen LogP contribution is 2.32. The maximum atomic E-state index is 6.14. The summed E-state index contributed by atoms with van der Waals surface area (Å²) in [6, 6.07) is 0.514. The molecule has 2 aromatic heterocycles. The third-order valence-corrected chi connectivity index (χ3v) is 4.94. The van der Waals surface area contributed by atoms with Crippen LogP contribution < -0.4 is 10.6 Å². The van der Waals surface area contributed by atoms with Gasteiger partial charge < -0.3 is 20.1 Å². The van der Waals surface area contributed by atoms with Crippen LogP contribution in [0.1, 0.15) is 31.7 Å². The van der Waals surface area contributed by atoms with Crippen molar-refractivity contribution in [2.24, 2.45) is 0 Å². The lowest BCUT2D eigenvalue weighted by Crippen LogP contribution is -2.45. The van der Waals surface area contributed by atoms with E-state index in [9.17, 15) is 0 Å². The molecule has 118 valence electrons. The normalized spacial score (nSPS) is 21.0. The molecule has 2 fully saturated rings. The molecule has 0 radical (unpaired) electrons. The summed E-state index contributed by atoms with van der Waals surface area (Å²) in [5, 5.41) is 0. The molecule has 22 heavy (non-hydrogen) atoms. The van der Waals surface area contributed by atoms with Crippen LogP contribution >= 0.6 is 0 Å². The molecule has 2 N–H and O–H groups in total. The van der Waals surface area contributed by atoms with Crippen molar-refractivity contribution in [1.29, 1.82) is 0 Å². The van der Waals surface area contributed by atoms with E-state index in [1.807, 2.05) is 6.33 Å². The van der Waals surface area contributed by atoms with Crippen molar-refractivity contribution in [2.45, 2.75) is 31.7 Å². The molecule has 0 unspecified atom stereocenters. The molecule has 4 rings (SSSR count). The van der Waals surface area contributed by atoms with Crippen LogP contribution in [0.5, 0.6) is 0 Å². The van der Waals surface area contributed by atoms with Gasteiger partial charge in [0.1, 0.15) is 5.52 Å². The Labute approximate surface area is 130 Å². The smallest absolute Gasteiger partial charge is 0.229 e. The number of nitrogen functional groups attached to an aromatic ring is 1. The Morgan fingerprint density at radius 3 is 2.55 bits per heavy atom. The average Bonchev–Trinajstić information content (AvgIpc) is 3.16. The number of hydrogen-bond acceptors (Lipinski definition) is 6. The summed E-state index contributed by atoms with van der Waals surface area (Å²) in [6.45, 7) is 3.95. The fraction of sp³-hybridized carbons (Fsp3) is 0.667. The molecule has 1 aliphatic carbocycles. The Kier molecular flexibility index (Phi) is 3.37. The molecule has 0 bridgehead atoms. The number of aromatic nitrogens is 4. The van der Waals surface area contributed by atoms with Gasteiger partial charge in [-0.05, 0) is 19.9 Å². The van der Waals surface area contributed by atoms with Gasteiger partial charge >= 0.3 is 0 Å². The van der Waals surface area contributed by atoms with E-state index in [-0.39, 0.29) is 0 Å². The highest BCUT2D eigenvalue weighted by Gasteiger charge is 2.23. The fourth-order valence-corrected chi connectivity index (χ4v) is 3.52. The summed E-state index contributed by atoms with van der Waals surface area (Å²) < 4.78 is 2.21. The Morgan fingerprint density at radius 2 is 1.82 bits per heavy atom. The molecule has 7 heteroatoms. The standard InChI is InChI=1S/C15H23N7/c1-20-6-8-21(9-7-20)15-18-13(16)12-14(19-15)22(10-17-12)11-4-2-3-5-11/h10-11H,2-9H2,1H3,(H2,16,18,19). The van der Waals surface area contributed by atoms with Crippen LogP contribution in [0, 0.1) is 0 Å². The van der Waals surface area contributed by atoms with Gasteiger partial charge in [-0.2, -0.15) is 9.97 Å². The number of rotatable bonds is 2. The molecule has 2 aromatic rings. The second-order valence-corrected chi connectivity index (χ2v) is 6.46. The quantitative estimate of drug-likeness (QED) is 0.900. The van der Waals surface area contributed by atoms with Crippen LogP contribution in [0.15, 0.2) is 6.33 Å². The monoisotopic (exact) mass is 301 g/mol. The van der Waals surface area contributed by atoms with Crippen LogP contribution in [0.4, 0.5) is 11.8 Å². The van der Waals surface area contributed by atoms with Crippen molar-refractivity contribution in [2.75, 3.05) is 43.9 Å². The Hall–Kier alpha value is -1.89. The second kappa shape index (κ2) is 5.39.